The van der Waals surface area contributed by atoms with E-state index in [-0.39, 0.29) is 22.8 Å². The van der Waals surface area contributed by atoms with Gasteiger partial charge < -0.3 is 4.42 Å². The van der Waals surface area contributed by atoms with Gasteiger partial charge in [-0.25, -0.2) is 4.79 Å². The monoisotopic (exact) mass is 383 g/mol. The van der Waals surface area contributed by atoms with Crippen LogP contribution < -0.4 is 0 Å². The number of carbonyl (C=O) groups is 3. The lowest BCUT2D eigenvalue weighted by Gasteiger charge is -2.28. The Labute approximate surface area is 160 Å². The smallest absolute Gasteiger partial charge is 0.333 e. The highest BCUT2D eigenvalue weighted by Gasteiger charge is 2.38. The van der Waals surface area contributed by atoms with E-state index in [1.807, 2.05) is 6.92 Å². The largest absolute Gasteiger partial charge is 0.456 e. The van der Waals surface area contributed by atoms with Crippen molar-refractivity contribution < 1.29 is 23.7 Å². The van der Waals surface area contributed by atoms with Gasteiger partial charge in [0.2, 0.25) is 0 Å². The lowest BCUT2D eigenvalue weighted by molar-refractivity contribution is -0.384. The highest BCUT2D eigenvalue weighted by atomic mass is 16.6. The van der Waals surface area contributed by atoms with E-state index >= 15 is 0 Å². The molecule has 1 fully saturated rings. The van der Waals surface area contributed by atoms with E-state index in [1.165, 1.54) is 38.4 Å². The number of carbonyl (C=O) groups excluding carboxylic acids is 3. The highest BCUT2D eigenvalue weighted by molar-refractivity contribution is 6.30. The number of nitro groups is 1. The Balaban J connectivity index is 2.04. The van der Waals surface area contributed by atoms with E-state index in [0.717, 1.165) is 20.9 Å². The van der Waals surface area contributed by atoms with Gasteiger partial charge in [-0.2, -0.15) is 0 Å². The maximum atomic E-state index is 12.3. The van der Waals surface area contributed by atoms with Crippen LogP contribution in [-0.4, -0.2) is 46.7 Å². The molecule has 0 radical (unpaired) electrons. The molecule has 2 aromatic rings. The van der Waals surface area contributed by atoms with Gasteiger partial charge in [0.1, 0.15) is 17.1 Å². The van der Waals surface area contributed by atoms with E-state index in [9.17, 15) is 24.5 Å². The topological polar surface area (TPSA) is 114 Å². The van der Waals surface area contributed by atoms with Gasteiger partial charge in [-0.1, -0.05) is 0 Å². The number of aryl methyl sites for hydroxylation is 2. The summed E-state index contributed by atoms with van der Waals surface area (Å²) in [5.74, 6) is -1.10. The Morgan fingerprint density at radius 3 is 2.14 bits per heavy atom. The number of nitrogens with zero attached hydrogens (tertiary/aromatic N) is 3. The quantitative estimate of drug-likeness (QED) is 0.348. The van der Waals surface area contributed by atoms with Gasteiger partial charge in [-0.05, 0) is 49.2 Å². The van der Waals surface area contributed by atoms with E-state index < -0.39 is 22.8 Å². The van der Waals surface area contributed by atoms with Crippen LogP contribution in [0.4, 0.5) is 10.5 Å². The highest BCUT2D eigenvalue weighted by Crippen LogP contribution is 2.34. The number of urea groups is 1. The Morgan fingerprint density at radius 1 is 1.00 bits per heavy atom. The molecule has 9 nitrogen and oxygen atoms in total. The number of likely N-dealkylation sites (N-methyl/N-ethyl adjacent to an activating group) is 2. The molecule has 144 valence electrons. The zero-order chi connectivity index (χ0) is 20.7. The van der Waals surface area contributed by atoms with E-state index in [2.05, 4.69) is 0 Å². The summed E-state index contributed by atoms with van der Waals surface area (Å²) < 4.78 is 5.64. The van der Waals surface area contributed by atoms with Crippen LogP contribution in [0.5, 0.6) is 0 Å². The maximum absolute atomic E-state index is 12.3. The molecule has 4 amide bonds. The number of barbiturate groups is 1. The van der Waals surface area contributed by atoms with Crippen LogP contribution in [0, 0.1) is 24.0 Å². The molecule has 1 aromatic carbocycles. The Bertz CT molecular complexity index is 1040. The lowest BCUT2D eigenvalue weighted by Crippen LogP contribution is -2.52. The zero-order valence-corrected chi connectivity index (χ0v) is 15.7. The summed E-state index contributed by atoms with van der Waals surface area (Å²) in [6.45, 7) is 3.61. The summed E-state index contributed by atoms with van der Waals surface area (Å²) in [4.78, 5) is 48.8. The van der Waals surface area contributed by atoms with Crippen LogP contribution in [0.2, 0.25) is 0 Å². The molecule has 3 rings (SSSR count). The predicted octanol–water partition coefficient (Wildman–Crippen LogP) is 2.91. The first-order valence-corrected chi connectivity index (χ1v) is 8.29. The molecule has 0 aliphatic carbocycles. The summed E-state index contributed by atoms with van der Waals surface area (Å²) in [6.07, 6.45) is 1.22. The Kier molecular flexibility index (Phi) is 4.60. The van der Waals surface area contributed by atoms with Crippen molar-refractivity contribution in [3.63, 3.8) is 0 Å². The normalized spacial score (nSPS) is 14.7. The molecular formula is C19H17N3O6. The van der Waals surface area contributed by atoms with Crippen LogP contribution >= 0.6 is 0 Å². The third-order valence-corrected chi connectivity index (χ3v) is 4.63. The summed E-state index contributed by atoms with van der Waals surface area (Å²) in [5.41, 5.74) is 1.59. The molecule has 0 unspecified atom stereocenters. The molecule has 1 saturated heterocycles. The first-order valence-electron chi connectivity index (χ1n) is 8.29. The first kappa shape index (κ1) is 19.0. The van der Waals surface area contributed by atoms with Crippen molar-refractivity contribution in [1.82, 2.24) is 9.80 Å². The number of rotatable bonds is 3. The van der Waals surface area contributed by atoms with Crippen LogP contribution in [0.3, 0.4) is 0 Å². The molecule has 0 N–H and O–H groups in total. The number of amides is 4. The summed E-state index contributed by atoms with van der Waals surface area (Å²) in [7, 11) is 2.54. The standard InChI is InChI=1S/C19H17N3O6/c1-10-7-13(15(22(26)27)8-11(10)2)16-6-5-12(28-16)9-14-17(23)20(3)19(25)21(4)18(14)24/h5-9H,1-4H3. The summed E-state index contributed by atoms with van der Waals surface area (Å²) in [5, 5.41) is 11.4. The molecule has 0 saturated carbocycles. The van der Waals surface area contributed by atoms with Crippen molar-refractivity contribution in [3.8, 4) is 11.3 Å². The minimum Gasteiger partial charge on any atom is -0.456 e. The second kappa shape index (κ2) is 6.76. The van der Waals surface area contributed by atoms with Crippen molar-refractivity contribution >= 4 is 29.6 Å². The number of hydrogen-bond acceptors (Lipinski definition) is 6. The third kappa shape index (κ3) is 3.07. The second-order valence-electron chi connectivity index (χ2n) is 6.48. The molecular weight excluding hydrogens is 366 g/mol. The molecule has 0 bridgehead atoms. The fourth-order valence-corrected chi connectivity index (χ4v) is 2.84. The minimum absolute atomic E-state index is 0.105. The van der Waals surface area contributed by atoms with Gasteiger partial charge in [0.15, 0.2) is 0 Å². The first-order chi connectivity index (χ1) is 13.1. The number of hydrogen-bond donors (Lipinski definition) is 0. The second-order valence-corrected chi connectivity index (χ2v) is 6.48. The SMILES string of the molecule is Cc1cc(-c2ccc(C=C3C(=O)N(C)C(=O)N(C)C3=O)o2)c([N+](=O)[O-])cc1C. The number of furan rings is 1. The predicted molar refractivity (Wildman–Crippen MR) is 99.2 cm³/mol. The van der Waals surface area contributed by atoms with Crippen molar-refractivity contribution in [3.05, 3.63) is 56.8 Å². The molecule has 1 aliphatic heterocycles. The van der Waals surface area contributed by atoms with Gasteiger partial charge in [0, 0.05) is 20.2 Å². The van der Waals surface area contributed by atoms with Crippen molar-refractivity contribution in [1.29, 1.82) is 0 Å². The molecule has 1 aliphatic rings. The lowest BCUT2D eigenvalue weighted by atomic mass is 10.0. The molecule has 9 heteroatoms. The van der Waals surface area contributed by atoms with Crippen molar-refractivity contribution in [2.45, 2.75) is 13.8 Å². The number of imide groups is 2. The minimum atomic E-state index is -0.747. The molecule has 0 spiro atoms. The average Bonchev–Trinajstić information content (AvgIpc) is 3.12. The van der Waals surface area contributed by atoms with Gasteiger partial charge in [-0.15, -0.1) is 0 Å². The average molecular weight is 383 g/mol. The van der Waals surface area contributed by atoms with Crippen LogP contribution in [0.15, 0.2) is 34.3 Å². The summed E-state index contributed by atoms with van der Waals surface area (Å²) in [6, 6.07) is 5.42. The van der Waals surface area contributed by atoms with Crippen molar-refractivity contribution in [2.24, 2.45) is 0 Å². The zero-order valence-electron chi connectivity index (χ0n) is 15.7. The van der Waals surface area contributed by atoms with Gasteiger partial charge >= 0.3 is 6.03 Å². The van der Waals surface area contributed by atoms with Crippen LogP contribution in [-0.2, 0) is 9.59 Å². The van der Waals surface area contributed by atoms with Gasteiger partial charge in [0.25, 0.3) is 17.5 Å². The van der Waals surface area contributed by atoms with Crippen LogP contribution in [0.1, 0.15) is 16.9 Å². The molecule has 0 atom stereocenters. The van der Waals surface area contributed by atoms with Crippen LogP contribution in [0.25, 0.3) is 17.4 Å². The number of nitro benzene ring substituents is 1. The Morgan fingerprint density at radius 2 is 1.57 bits per heavy atom. The van der Waals surface area contributed by atoms with E-state index in [4.69, 9.17) is 4.42 Å². The fourth-order valence-electron chi connectivity index (χ4n) is 2.84. The van der Waals surface area contributed by atoms with Gasteiger partial charge in [0.05, 0.1) is 10.5 Å². The van der Waals surface area contributed by atoms with E-state index in [1.54, 1.807) is 13.0 Å². The van der Waals surface area contributed by atoms with E-state index in [0.29, 0.717) is 5.56 Å². The van der Waals surface area contributed by atoms with Crippen molar-refractivity contribution in [2.75, 3.05) is 14.1 Å². The van der Waals surface area contributed by atoms with Gasteiger partial charge in [-0.3, -0.25) is 29.5 Å². The molecule has 1 aromatic heterocycles. The third-order valence-electron chi connectivity index (χ3n) is 4.63. The fraction of sp³-hybridized carbons (Fsp3) is 0.211. The molecule has 2 heterocycles. The number of benzene rings is 1. The molecule has 28 heavy (non-hydrogen) atoms. The Hall–Kier alpha value is -3.75. The maximum Gasteiger partial charge on any atom is 0.333 e. The summed E-state index contributed by atoms with van der Waals surface area (Å²) >= 11 is 0.